The summed E-state index contributed by atoms with van der Waals surface area (Å²) in [5, 5.41) is 4.45. The average molecular weight is 399 g/mol. The van der Waals surface area contributed by atoms with Gasteiger partial charge in [0, 0.05) is 5.56 Å². The maximum Gasteiger partial charge on any atom is 0.361 e. The number of aryl methyl sites for hydroxylation is 1. The molecule has 3 N–H and O–H groups in total. The lowest BCUT2D eigenvalue weighted by molar-refractivity contribution is -0.123. The van der Waals surface area contributed by atoms with Gasteiger partial charge >= 0.3 is 5.97 Å². The van der Waals surface area contributed by atoms with Gasteiger partial charge in [0.05, 0.1) is 5.56 Å². The predicted octanol–water partition coefficient (Wildman–Crippen LogP) is 2.99. The maximum absolute atomic E-state index is 12.4. The fourth-order valence-corrected chi connectivity index (χ4v) is 3.17. The van der Waals surface area contributed by atoms with Gasteiger partial charge in [-0.25, -0.2) is 9.78 Å². The molecule has 0 bridgehead atoms. The molecule has 1 atom stereocenters. The fraction of sp³-hybridized carbons (Fsp3) is 0.158. The number of ether oxygens (including phenoxy) is 1. The number of nitrogens with zero attached hydrogens (tertiary/aromatic N) is 1. The van der Waals surface area contributed by atoms with E-state index in [1.54, 1.807) is 24.4 Å². The standard InChI is InChI=1S/C19H17N3O5S/c1-10-14(21-17(26-10)12-6-4-3-5-7-12)19(25)27-11(2)16(24)22-18-13(15(20)23)8-9-28-18/h3-9,11H,1-2H3,(H2,20,23)(H,22,24)/t11-/m0/s1. The number of rotatable bonds is 6. The van der Waals surface area contributed by atoms with Crippen molar-refractivity contribution < 1.29 is 23.5 Å². The van der Waals surface area contributed by atoms with Gasteiger partial charge in [-0.1, -0.05) is 18.2 Å². The van der Waals surface area contributed by atoms with Crippen molar-refractivity contribution >= 4 is 34.1 Å². The number of nitrogens with one attached hydrogen (secondary N) is 1. The Bertz CT molecular complexity index is 1030. The number of esters is 1. The zero-order valence-electron chi connectivity index (χ0n) is 15.1. The molecule has 0 unspecified atom stereocenters. The van der Waals surface area contributed by atoms with Crippen LogP contribution in [0.4, 0.5) is 5.00 Å². The molecule has 144 valence electrons. The Hall–Kier alpha value is -3.46. The predicted molar refractivity (Wildman–Crippen MR) is 103 cm³/mol. The highest BCUT2D eigenvalue weighted by molar-refractivity contribution is 7.14. The van der Waals surface area contributed by atoms with Crippen molar-refractivity contribution in [2.45, 2.75) is 20.0 Å². The fourth-order valence-electron chi connectivity index (χ4n) is 2.37. The van der Waals surface area contributed by atoms with Crippen LogP contribution in [0.2, 0.25) is 0 Å². The average Bonchev–Trinajstić information content (AvgIpc) is 3.29. The summed E-state index contributed by atoms with van der Waals surface area (Å²) in [7, 11) is 0. The third-order valence-corrected chi connectivity index (χ3v) is 4.66. The molecule has 2 heterocycles. The number of hydrogen-bond acceptors (Lipinski definition) is 7. The van der Waals surface area contributed by atoms with E-state index in [0.717, 1.165) is 11.3 Å². The van der Waals surface area contributed by atoms with E-state index in [4.69, 9.17) is 14.9 Å². The number of anilines is 1. The molecule has 0 saturated heterocycles. The molecular weight excluding hydrogens is 382 g/mol. The van der Waals surface area contributed by atoms with Crippen LogP contribution in [-0.4, -0.2) is 28.9 Å². The summed E-state index contributed by atoms with van der Waals surface area (Å²) in [6, 6.07) is 10.6. The zero-order chi connectivity index (χ0) is 20.3. The lowest BCUT2D eigenvalue weighted by Gasteiger charge is -2.12. The topological polar surface area (TPSA) is 125 Å². The molecule has 0 saturated carbocycles. The minimum Gasteiger partial charge on any atom is -0.448 e. The third-order valence-electron chi connectivity index (χ3n) is 3.83. The number of thiophene rings is 1. The smallest absolute Gasteiger partial charge is 0.361 e. The zero-order valence-corrected chi connectivity index (χ0v) is 15.9. The minimum atomic E-state index is -1.12. The Morgan fingerprint density at radius 1 is 1.21 bits per heavy atom. The molecule has 3 rings (SSSR count). The van der Waals surface area contributed by atoms with E-state index in [1.807, 2.05) is 18.2 Å². The quantitative estimate of drug-likeness (QED) is 0.614. The number of nitrogens with two attached hydrogens (primary N) is 1. The number of benzene rings is 1. The highest BCUT2D eigenvalue weighted by Gasteiger charge is 2.25. The van der Waals surface area contributed by atoms with Crippen LogP contribution in [0.5, 0.6) is 0 Å². The van der Waals surface area contributed by atoms with Crippen molar-refractivity contribution in [3.63, 3.8) is 0 Å². The van der Waals surface area contributed by atoms with Crippen LogP contribution in [0, 0.1) is 6.92 Å². The van der Waals surface area contributed by atoms with Crippen molar-refractivity contribution in [2.24, 2.45) is 5.73 Å². The monoisotopic (exact) mass is 399 g/mol. The second-order valence-corrected chi connectivity index (χ2v) is 6.77. The van der Waals surface area contributed by atoms with E-state index in [2.05, 4.69) is 10.3 Å². The SMILES string of the molecule is Cc1oc(-c2ccccc2)nc1C(=O)O[C@@H](C)C(=O)Nc1sccc1C(N)=O. The number of aromatic nitrogens is 1. The van der Waals surface area contributed by atoms with Gasteiger partial charge in [0.15, 0.2) is 11.8 Å². The van der Waals surface area contributed by atoms with Crippen molar-refractivity contribution in [2.75, 3.05) is 5.32 Å². The summed E-state index contributed by atoms with van der Waals surface area (Å²) in [5.41, 5.74) is 6.15. The first kappa shape index (κ1) is 19.3. The molecule has 28 heavy (non-hydrogen) atoms. The van der Waals surface area contributed by atoms with Gasteiger partial charge in [-0.05, 0) is 37.4 Å². The molecule has 1 aromatic carbocycles. The molecule has 2 amide bonds. The van der Waals surface area contributed by atoms with E-state index >= 15 is 0 Å². The van der Waals surface area contributed by atoms with E-state index < -0.39 is 23.9 Å². The Balaban J connectivity index is 1.69. The maximum atomic E-state index is 12.4. The number of carbonyl (C=O) groups is 3. The second-order valence-electron chi connectivity index (χ2n) is 5.85. The van der Waals surface area contributed by atoms with Crippen LogP contribution >= 0.6 is 11.3 Å². The number of primary amides is 1. The van der Waals surface area contributed by atoms with Crippen molar-refractivity contribution in [3.05, 3.63) is 58.8 Å². The summed E-state index contributed by atoms with van der Waals surface area (Å²) in [4.78, 5) is 40.2. The summed E-state index contributed by atoms with van der Waals surface area (Å²) < 4.78 is 10.7. The number of oxazole rings is 1. The lowest BCUT2D eigenvalue weighted by Crippen LogP contribution is -2.30. The molecule has 0 aliphatic heterocycles. The van der Waals surface area contributed by atoms with Crippen LogP contribution in [0.3, 0.4) is 0 Å². The van der Waals surface area contributed by atoms with Gasteiger partial charge in [-0.3, -0.25) is 9.59 Å². The van der Waals surface area contributed by atoms with E-state index in [-0.39, 0.29) is 22.9 Å². The molecule has 3 aromatic rings. The van der Waals surface area contributed by atoms with Crippen LogP contribution < -0.4 is 11.1 Å². The van der Waals surface area contributed by atoms with Crippen molar-refractivity contribution in [1.82, 2.24) is 4.98 Å². The van der Waals surface area contributed by atoms with Crippen molar-refractivity contribution in [1.29, 1.82) is 0 Å². The molecule has 0 aliphatic rings. The number of amides is 2. The molecule has 0 radical (unpaired) electrons. The summed E-state index contributed by atoms with van der Waals surface area (Å²) in [5.74, 6) is -1.47. The van der Waals surface area contributed by atoms with Crippen LogP contribution in [-0.2, 0) is 9.53 Å². The molecule has 2 aromatic heterocycles. The second kappa shape index (κ2) is 8.05. The molecular formula is C19H17N3O5S. The van der Waals surface area contributed by atoms with Gasteiger partial charge in [-0.2, -0.15) is 0 Å². The van der Waals surface area contributed by atoms with Gasteiger partial charge in [-0.15, -0.1) is 11.3 Å². The first-order valence-electron chi connectivity index (χ1n) is 8.28. The summed E-state index contributed by atoms with van der Waals surface area (Å²) >= 11 is 1.14. The van der Waals surface area contributed by atoms with Crippen LogP contribution in [0.25, 0.3) is 11.5 Å². The Labute approximate surface area is 164 Å². The minimum absolute atomic E-state index is 0.00699. The van der Waals surface area contributed by atoms with Crippen molar-refractivity contribution in [3.8, 4) is 11.5 Å². The molecule has 0 spiro atoms. The van der Waals surface area contributed by atoms with E-state index in [9.17, 15) is 14.4 Å². The largest absolute Gasteiger partial charge is 0.448 e. The van der Waals surface area contributed by atoms with Gasteiger partial charge < -0.3 is 20.2 Å². The number of hydrogen-bond donors (Lipinski definition) is 2. The lowest BCUT2D eigenvalue weighted by atomic mass is 10.2. The Morgan fingerprint density at radius 3 is 2.61 bits per heavy atom. The van der Waals surface area contributed by atoms with Crippen LogP contribution in [0.15, 0.2) is 46.2 Å². The first-order valence-corrected chi connectivity index (χ1v) is 9.16. The van der Waals surface area contributed by atoms with E-state index in [0.29, 0.717) is 10.6 Å². The molecule has 8 nitrogen and oxygen atoms in total. The Morgan fingerprint density at radius 2 is 1.93 bits per heavy atom. The first-order chi connectivity index (χ1) is 13.4. The Kier molecular flexibility index (Phi) is 5.55. The molecule has 0 fully saturated rings. The van der Waals surface area contributed by atoms with E-state index in [1.165, 1.54) is 13.0 Å². The normalized spacial score (nSPS) is 11.6. The highest BCUT2D eigenvalue weighted by Crippen LogP contribution is 2.24. The third kappa shape index (κ3) is 4.09. The molecule has 0 aliphatic carbocycles. The van der Waals surface area contributed by atoms with Gasteiger partial charge in [0.1, 0.15) is 10.8 Å². The van der Waals surface area contributed by atoms with Gasteiger partial charge in [0.2, 0.25) is 5.89 Å². The highest BCUT2D eigenvalue weighted by atomic mass is 32.1. The summed E-state index contributed by atoms with van der Waals surface area (Å²) in [6.07, 6.45) is -1.12. The van der Waals surface area contributed by atoms with Crippen LogP contribution in [0.1, 0.15) is 33.5 Å². The molecule has 9 heteroatoms. The van der Waals surface area contributed by atoms with Gasteiger partial charge in [0.25, 0.3) is 11.8 Å². The summed E-state index contributed by atoms with van der Waals surface area (Å²) in [6.45, 7) is 3.00. The number of carbonyl (C=O) groups excluding carboxylic acids is 3.